The molecule has 1 aliphatic carbocycles. The maximum absolute atomic E-state index is 12.7. The summed E-state index contributed by atoms with van der Waals surface area (Å²) in [7, 11) is 1.65. The van der Waals surface area contributed by atoms with Crippen LogP contribution in [0.5, 0.6) is 5.75 Å². The molecule has 3 heteroatoms. The number of nitrogens with zero attached hydrogens (tertiary/aromatic N) is 1. The lowest BCUT2D eigenvalue weighted by Gasteiger charge is -2.32. The molecule has 1 aromatic rings. The van der Waals surface area contributed by atoms with Crippen LogP contribution < -0.4 is 4.74 Å². The molecule has 20 heavy (non-hydrogen) atoms. The van der Waals surface area contributed by atoms with Crippen LogP contribution in [-0.2, 0) is 6.42 Å². The minimum absolute atomic E-state index is 0.174. The lowest BCUT2D eigenvalue weighted by Crippen LogP contribution is -2.38. The molecule has 1 unspecified atom stereocenters. The van der Waals surface area contributed by atoms with E-state index in [0.29, 0.717) is 5.78 Å². The highest BCUT2D eigenvalue weighted by molar-refractivity contribution is 6.00. The van der Waals surface area contributed by atoms with Crippen molar-refractivity contribution in [2.45, 2.75) is 32.1 Å². The number of hydrogen-bond donors (Lipinski definition) is 0. The van der Waals surface area contributed by atoms with Crippen LogP contribution in [0, 0.1) is 5.92 Å². The van der Waals surface area contributed by atoms with E-state index in [9.17, 15) is 4.79 Å². The summed E-state index contributed by atoms with van der Waals surface area (Å²) < 4.78 is 5.25. The molecule has 0 saturated carbocycles. The Kier molecular flexibility index (Phi) is 4.06. The number of piperidine rings is 1. The van der Waals surface area contributed by atoms with Crippen LogP contribution in [0.3, 0.4) is 0 Å². The van der Waals surface area contributed by atoms with Gasteiger partial charge in [-0.3, -0.25) is 4.79 Å². The second-order valence-electron chi connectivity index (χ2n) is 5.98. The van der Waals surface area contributed by atoms with Gasteiger partial charge in [-0.15, -0.1) is 0 Å². The molecule has 0 radical (unpaired) electrons. The van der Waals surface area contributed by atoms with Crippen molar-refractivity contribution in [3.8, 4) is 5.75 Å². The van der Waals surface area contributed by atoms with Crippen molar-refractivity contribution in [3.05, 3.63) is 29.3 Å². The van der Waals surface area contributed by atoms with Crippen molar-refractivity contribution < 1.29 is 9.53 Å². The SMILES string of the molecule is COc1ccc2c(c1)C(=O)C(CN1CCCCC1)CC2. The van der Waals surface area contributed by atoms with E-state index < -0.39 is 0 Å². The molecule has 2 aliphatic rings. The number of aryl methyl sites for hydroxylation is 1. The minimum atomic E-state index is 0.174. The fraction of sp³-hybridized carbons (Fsp3) is 0.588. The molecule has 1 aromatic carbocycles. The van der Waals surface area contributed by atoms with Crippen molar-refractivity contribution in [2.75, 3.05) is 26.7 Å². The molecule has 1 fully saturated rings. The first-order valence-corrected chi connectivity index (χ1v) is 7.71. The number of Topliss-reactive ketones (excluding diaryl/α,β-unsaturated/α-hetero) is 1. The summed E-state index contributed by atoms with van der Waals surface area (Å²) in [5.41, 5.74) is 2.07. The zero-order valence-corrected chi connectivity index (χ0v) is 12.2. The van der Waals surface area contributed by atoms with E-state index in [-0.39, 0.29) is 5.92 Å². The Morgan fingerprint density at radius 1 is 1.25 bits per heavy atom. The number of methoxy groups -OCH3 is 1. The van der Waals surface area contributed by atoms with Crippen LogP contribution in [0.2, 0.25) is 0 Å². The summed E-state index contributed by atoms with van der Waals surface area (Å²) in [6.45, 7) is 3.26. The number of benzene rings is 1. The zero-order valence-electron chi connectivity index (χ0n) is 12.2. The fourth-order valence-electron chi connectivity index (χ4n) is 3.44. The van der Waals surface area contributed by atoms with Crippen LogP contribution in [0.4, 0.5) is 0 Å². The average molecular weight is 273 g/mol. The molecular formula is C17H23NO2. The summed E-state index contributed by atoms with van der Waals surface area (Å²) in [4.78, 5) is 15.1. The number of ether oxygens (including phenoxy) is 1. The molecule has 3 rings (SSSR count). The van der Waals surface area contributed by atoms with E-state index in [2.05, 4.69) is 4.90 Å². The largest absolute Gasteiger partial charge is 0.497 e. The standard InChI is InChI=1S/C17H23NO2/c1-20-15-8-7-13-5-6-14(17(19)16(13)11-15)12-18-9-3-2-4-10-18/h7-8,11,14H,2-6,9-10,12H2,1H3. The smallest absolute Gasteiger partial charge is 0.167 e. The third-order valence-electron chi connectivity index (χ3n) is 4.64. The van der Waals surface area contributed by atoms with Crippen molar-refractivity contribution in [1.29, 1.82) is 0 Å². The van der Waals surface area contributed by atoms with Gasteiger partial charge < -0.3 is 9.64 Å². The van der Waals surface area contributed by atoms with E-state index in [1.54, 1.807) is 7.11 Å². The van der Waals surface area contributed by atoms with Crippen LogP contribution in [0.25, 0.3) is 0 Å². The minimum Gasteiger partial charge on any atom is -0.497 e. The number of carbonyl (C=O) groups is 1. The molecule has 0 amide bonds. The van der Waals surface area contributed by atoms with E-state index in [0.717, 1.165) is 43.8 Å². The van der Waals surface area contributed by atoms with E-state index in [1.807, 2.05) is 18.2 Å². The summed E-state index contributed by atoms with van der Waals surface area (Å²) in [5, 5.41) is 0. The number of fused-ring (bicyclic) bond motifs is 1. The van der Waals surface area contributed by atoms with Gasteiger partial charge >= 0.3 is 0 Å². The van der Waals surface area contributed by atoms with Gasteiger partial charge in [0.2, 0.25) is 0 Å². The predicted molar refractivity (Wildman–Crippen MR) is 79.4 cm³/mol. The molecule has 108 valence electrons. The van der Waals surface area contributed by atoms with Crippen LogP contribution in [0.15, 0.2) is 18.2 Å². The average Bonchev–Trinajstić information content (AvgIpc) is 2.51. The Hall–Kier alpha value is -1.35. The number of hydrogen-bond acceptors (Lipinski definition) is 3. The fourth-order valence-corrected chi connectivity index (χ4v) is 3.44. The maximum Gasteiger partial charge on any atom is 0.167 e. The van der Waals surface area contributed by atoms with Gasteiger partial charge in [0.05, 0.1) is 7.11 Å². The molecule has 1 aliphatic heterocycles. The number of ketones is 1. The predicted octanol–water partition coefficient (Wildman–Crippen LogP) is 2.93. The Morgan fingerprint density at radius 3 is 2.80 bits per heavy atom. The topological polar surface area (TPSA) is 29.5 Å². The third kappa shape index (κ3) is 2.73. The van der Waals surface area contributed by atoms with E-state index in [1.165, 1.54) is 24.8 Å². The Balaban J connectivity index is 1.74. The van der Waals surface area contributed by atoms with Gasteiger partial charge in [0.15, 0.2) is 5.78 Å². The Bertz CT molecular complexity index is 492. The molecule has 0 N–H and O–H groups in total. The molecule has 0 aromatic heterocycles. The summed E-state index contributed by atoms with van der Waals surface area (Å²) >= 11 is 0. The molecule has 0 bridgehead atoms. The molecule has 3 nitrogen and oxygen atoms in total. The lowest BCUT2D eigenvalue weighted by molar-refractivity contribution is 0.0845. The second kappa shape index (κ2) is 5.96. The summed E-state index contributed by atoms with van der Waals surface area (Å²) in [6.07, 6.45) is 5.92. The first kappa shape index (κ1) is 13.6. The highest BCUT2D eigenvalue weighted by Crippen LogP contribution is 2.29. The normalized spacial score (nSPS) is 23.4. The van der Waals surface area contributed by atoms with Crippen LogP contribution in [-0.4, -0.2) is 37.4 Å². The third-order valence-corrected chi connectivity index (χ3v) is 4.64. The van der Waals surface area contributed by atoms with Gasteiger partial charge in [-0.25, -0.2) is 0 Å². The quantitative estimate of drug-likeness (QED) is 0.848. The highest BCUT2D eigenvalue weighted by atomic mass is 16.5. The Labute approximate surface area is 120 Å². The van der Waals surface area contributed by atoms with Gasteiger partial charge in [0, 0.05) is 18.0 Å². The van der Waals surface area contributed by atoms with E-state index >= 15 is 0 Å². The van der Waals surface area contributed by atoms with Gasteiger partial charge in [-0.2, -0.15) is 0 Å². The highest BCUT2D eigenvalue weighted by Gasteiger charge is 2.29. The van der Waals surface area contributed by atoms with Crippen LogP contribution >= 0.6 is 0 Å². The lowest BCUT2D eigenvalue weighted by atomic mass is 9.82. The van der Waals surface area contributed by atoms with Gasteiger partial charge in [0.1, 0.15) is 5.75 Å². The van der Waals surface area contributed by atoms with Gasteiger partial charge in [-0.1, -0.05) is 12.5 Å². The van der Waals surface area contributed by atoms with Crippen molar-refractivity contribution in [1.82, 2.24) is 4.90 Å². The van der Waals surface area contributed by atoms with Gasteiger partial charge in [0.25, 0.3) is 0 Å². The molecular weight excluding hydrogens is 250 g/mol. The van der Waals surface area contributed by atoms with E-state index in [4.69, 9.17) is 4.74 Å². The van der Waals surface area contributed by atoms with Crippen molar-refractivity contribution in [3.63, 3.8) is 0 Å². The molecule has 1 heterocycles. The monoisotopic (exact) mass is 273 g/mol. The zero-order chi connectivity index (χ0) is 13.9. The maximum atomic E-state index is 12.7. The summed E-state index contributed by atoms with van der Waals surface area (Å²) in [6, 6.07) is 5.92. The first-order valence-electron chi connectivity index (χ1n) is 7.71. The van der Waals surface area contributed by atoms with Crippen LogP contribution in [0.1, 0.15) is 41.6 Å². The van der Waals surface area contributed by atoms with Crippen molar-refractivity contribution >= 4 is 5.78 Å². The molecule has 1 atom stereocenters. The summed E-state index contributed by atoms with van der Waals surface area (Å²) in [5.74, 6) is 1.28. The number of rotatable bonds is 3. The number of carbonyl (C=O) groups excluding carboxylic acids is 1. The Morgan fingerprint density at radius 2 is 2.05 bits per heavy atom. The second-order valence-corrected chi connectivity index (χ2v) is 5.98. The number of likely N-dealkylation sites (tertiary alicyclic amines) is 1. The van der Waals surface area contributed by atoms with Crippen molar-refractivity contribution in [2.24, 2.45) is 5.92 Å². The van der Waals surface area contributed by atoms with Gasteiger partial charge in [-0.05, 0) is 56.5 Å². The molecule has 0 spiro atoms. The molecule has 1 saturated heterocycles. The first-order chi connectivity index (χ1) is 9.78.